The van der Waals surface area contributed by atoms with Crippen molar-refractivity contribution in [3.63, 3.8) is 0 Å². The third-order valence-corrected chi connectivity index (χ3v) is 0. The van der Waals surface area contributed by atoms with Gasteiger partial charge >= 0.3 is 73.4 Å². The van der Waals surface area contributed by atoms with Crippen LogP contribution in [0.4, 0.5) is 4.32 Å². The Labute approximate surface area is 76.4 Å². The number of halogens is 1. The first kappa shape index (κ1) is 15.8. The van der Waals surface area contributed by atoms with Gasteiger partial charge in [0.1, 0.15) is 0 Å². The molecule has 0 saturated heterocycles. The Morgan fingerprint density at radius 2 is 1.40 bits per heavy atom. The topological polar surface area (TPSA) is 17.1 Å². The maximum atomic E-state index is 9.50. The minimum absolute atomic E-state index is 0. The number of rotatable bonds is 0. The normalized spacial score (nSPS) is 1.60. The van der Waals surface area contributed by atoms with Crippen molar-refractivity contribution in [1.82, 2.24) is 0 Å². The van der Waals surface area contributed by atoms with Gasteiger partial charge < -0.3 is 4.32 Å². The van der Waals surface area contributed by atoms with Gasteiger partial charge in [0, 0.05) is 0 Å². The third kappa shape index (κ3) is 24.5. The molecule has 0 aromatic heterocycles. The molecule has 0 spiro atoms. The van der Waals surface area contributed by atoms with Gasteiger partial charge in [-0.25, -0.2) is 0 Å². The molecule has 0 N–H and O–H groups in total. The second-order valence-electron chi connectivity index (χ2n) is 0. The SMILES string of the molecule is BF.[CaH2].[O]=[Zr]. The van der Waals surface area contributed by atoms with Crippen LogP contribution in [0.3, 0.4) is 0 Å². The molecule has 0 heterocycles. The molecule has 0 bridgehead atoms. The van der Waals surface area contributed by atoms with Crippen LogP contribution in [-0.4, -0.2) is 45.9 Å². The van der Waals surface area contributed by atoms with E-state index in [4.69, 9.17) is 2.81 Å². The Hall–Kier alpha value is 1.94. The molecule has 0 aromatic carbocycles. The molecule has 0 aliphatic rings. The van der Waals surface area contributed by atoms with Gasteiger partial charge in [0.05, 0.1) is 0 Å². The first-order valence-electron chi connectivity index (χ1n) is 0.582. The summed E-state index contributed by atoms with van der Waals surface area (Å²) in [6.45, 7) is 0. The zero-order valence-electron chi connectivity index (χ0n) is 2.29. The van der Waals surface area contributed by atoms with Crippen molar-refractivity contribution < 1.29 is 31.9 Å². The number of hydrogen-bond acceptors (Lipinski definition) is 1. The van der Waals surface area contributed by atoms with Gasteiger partial charge in [-0.3, -0.25) is 0 Å². The van der Waals surface area contributed by atoms with Crippen molar-refractivity contribution >= 4 is 45.9 Å². The maximum absolute atomic E-state index is 9.50. The second-order valence-corrected chi connectivity index (χ2v) is 0. The fourth-order valence-electron chi connectivity index (χ4n) is 0. The fourth-order valence-corrected chi connectivity index (χ4v) is 0. The fraction of sp³-hybridized carbons (Fsp3) is 0. The van der Waals surface area contributed by atoms with Crippen LogP contribution in [0.25, 0.3) is 0 Å². The van der Waals surface area contributed by atoms with E-state index < -0.39 is 0 Å². The van der Waals surface area contributed by atoms with E-state index in [9.17, 15) is 4.32 Å². The molecule has 0 aromatic rings. The van der Waals surface area contributed by atoms with Crippen molar-refractivity contribution in [1.29, 1.82) is 0 Å². The van der Waals surface area contributed by atoms with Crippen LogP contribution in [0.15, 0.2) is 0 Å². The Bertz CT molecular complexity index is 11.6. The van der Waals surface area contributed by atoms with Crippen molar-refractivity contribution in [3.8, 4) is 0 Å². The van der Waals surface area contributed by atoms with Crippen LogP contribution in [-0.2, 0) is 27.5 Å². The molecule has 0 aliphatic heterocycles. The molecule has 0 aliphatic carbocycles. The Morgan fingerprint density at radius 3 is 1.40 bits per heavy atom. The molecule has 0 saturated carbocycles. The molecule has 1 nitrogen and oxygen atoms in total. The molecule has 5 heteroatoms. The van der Waals surface area contributed by atoms with Gasteiger partial charge in [0.15, 0.2) is 0 Å². The van der Waals surface area contributed by atoms with Gasteiger partial charge in [0.2, 0.25) is 0 Å². The molecule has 5 heavy (non-hydrogen) atoms. The van der Waals surface area contributed by atoms with Gasteiger partial charge in [-0.1, -0.05) is 0 Å². The molecular weight excluding hydrogens is 177 g/mol. The molecule has 0 unspecified atom stereocenters. The van der Waals surface area contributed by atoms with Crippen molar-refractivity contribution in [3.05, 3.63) is 0 Å². The van der Waals surface area contributed by atoms with E-state index in [1.54, 1.807) is 0 Å². The molecule has 0 radical (unpaired) electrons. The third-order valence-electron chi connectivity index (χ3n) is 0. The molecule has 0 rings (SSSR count). The summed E-state index contributed by atoms with van der Waals surface area (Å²) in [7, 11) is 0.500. The van der Waals surface area contributed by atoms with Crippen LogP contribution in [0.5, 0.6) is 0 Å². The van der Waals surface area contributed by atoms with Crippen LogP contribution in [0.2, 0.25) is 0 Å². The van der Waals surface area contributed by atoms with Crippen LogP contribution in [0, 0.1) is 0 Å². The zero-order chi connectivity index (χ0) is 4.00. The van der Waals surface area contributed by atoms with E-state index in [-0.39, 0.29) is 37.7 Å². The Balaban J connectivity index is -0.0000000133. The Kier molecular flexibility index (Phi) is 122. The summed E-state index contributed by atoms with van der Waals surface area (Å²) in [6, 6.07) is 0. The molecule has 0 atom stereocenters. The van der Waals surface area contributed by atoms with Gasteiger partial charge in [-0.05, 0) is 0 Å². The first-order valence-corrected chi connectivity index (χ1v) is 1.59. The van der Waals surface area contributed by atoms with E-state index in [2.05, 4.69) is 0 Å². The van der Waals surface area contributed by atoms with Crippen LogP contribution in [0.1, 0.15) is 0 Å². The molecular formula is H4BCaFOZr. The Morgan fingerprint density at radius 1 is 1.40 bits per heavy atom. The van der Waals surface area contributed by atoms with E-state index in [0.717, 1.165) is 0 Å². The molecule has 26 valence electrons. The average Bonchev–Trinajstić information content (AvgIpc) is 1.50. The van der Waals surface area contributed by atoms with Crippen molar-refractivity contribution in [2.24, 2.45) is 0 Å². The van der Waals surface area contributed by atoms with Gasteiger partial charge in [-0.15, -0.1) is 0 Å². The minimum atomic E-state index is 0. The predicted molar refractivity (Wildman–Crippen MR) is 18.9 cm³/mol. The predicted octanol–water partition coefficient (Wildman–Crippen LogP) is -1.53. The van der Waals surface area contributed by atoms with E-state index >= 15 is 0 Å². The summed E-state index contributed by atoms with van der Waals surface area (Å²) in [5.41, 5.74) is 0. The van der Waals surface area contributed by atoms with Crippen molar-refractivity contribution in [2.45, 2.75) is 0 Å². The van der Waals surface area contributed by atoms with E-state index in [1.165, 1.54) is 0 Å². The average molecular weight is 181 g/mol. The summed E-state index contributed by atoms with van der Waals surface area (Å²) in [5, 5.41) is 0. The van der Waals surface area contributed by atoms with Crippen LogP contribution < -0.4 is 0 Å². The van der Waals surface area contributed by atoms with E-state index in [1.807, 2.05) is 0 Å². The zero-order valence-corrected chi connectivity index (χ0v) is 4.74. The first-order chi connectivity index (χ1) is 2.00. The molecule has 0 fully saturated rings. The second kappa shape index (κ2) is 38.6. The summed E-state index contributed by atoms with van der Waals surface area (Å²) in [6.07, 6.45) is 0. The summed E-state index contributed by atoms with van der Waals surface area (Å²) < 4.78 is 17.8. The van der Waals surface area contributed by atoms with E-state index in [0.29, 0.717) is 32.8 Å². The quantitative estimate of drug-likeness (QED) is 0.414. The molecule has 0 amide bonds. The summed E-state index contributed by atoms with van der Waals surface area (Å²) in [4.78, 5) is 0. The van der Waals surface area contributed by atoms with Gasteiger partial charge in [0.25, 0.3) is 0 Å². The number of hydrogen-bond donors (Lipinski definition) is 0. The standard InChI is InChI=1S/BFH2.Ca.O.Zr.2H/c1-2;;;;;/h1H2;;;;;. The van der Waals surface area contributed by atoms with Gasteiger partial charge in [-0.2, -0.15) is 0 Å². The summed E-state index contributed by atoms with van der Waals surface area (Å²) in [5.74, 6) is 0. The monoisotopic (exact) mass is 180 g/mol. The van der Waals surface area contributed by atoms with Crippen LogP contribution >= 0.6 is 0 Å². The summed E-state index contributed by atoms with van der Waals surface area (Å²) >= 11 is 0.300. The van der Waals surface area contributed by atoms with Crippen molar-refractivity contribution in [2.75, 3.05) is 0 Å².